The first-order valence-corrected chi connectivity index (χ1v) is 10.3. The van der Waals surface area contributed by atoms with Gasteiger partial charge in [-0.1, -0.05) is 12.1 Å². The third kappa shape index (κ3) is 4.33. The summed E-state index contributed by atoms with van der Waals surface area (Å²) < 4.78 is 7.13. The van der Waals surface area contributed by atoms with Gasteiger partial charge in [-0.15, -0.1) is 0 Å². The molecule has 0 saturated carbocycles. The van der Waals surface area contributed by atoms with Gasteiger partial charge in [0.2, 0.25) is 0 Å². The van der Waals surface area contributed by atoms with E-state index in [0.29, 0.717) is 0 Å². The minimum Gasteiger partial charge on any atom is -0.497 e. The lowest BCUT2D eigenvalue weighted by Gasteiger charge is -2.13. The van der Waals surface area contributed by atoms with Crippen molar-refractivity contribution in [2.75, 3.05) is 26.1 Å². The Morgan fingerprint density at radius 1 is 1.00 bits per heavy atom. The summed E-state index contributed by atoms with van der Waals surface area (Å²) in [4.78, 5) is 6.65. The molecule has 2 heterocycles. The van der Waals surface area contributed by atoms with E-state index in [0.717, 1.165) is 50.6 Å². The van der Waals surface area contributed by atoms with Crippen molar-refractivity contribution in [3.8, 4) is 45.5 Å². The molecule has 0 atom stereocenters. The SMILES string of the molecule is COc1cc(C)cc(-c2nn(CC#N)cc2-c2ccnc(-c3ccc(N(C)C)cc3)c2)c1. The number of benzene rings is 2. The number of ether oxygens (including phenoxy) is 1. The number of hydrogen-bond donors (Lipinski definition) is 0. The fourth-order valence-electron chi connectivity index (χ4n) is 3.69. The van der Waals surface area contributed by atoms with Crippen LogP contribution in [0.3, 0.4) is 0 Å². The minimum absolute atomic E-state index is 0.180. The van der Waals surface area contributed by atoms with Gasteiger partial charge in [0, 0.05) is 48.9 Å². The number of nitriles is 1. The van der Waals surface area contributed by atoms with Gasteiger partial charge in [-0.2, -0.15) is 10.4 Å². The summed E-state index contributed by atoms with van der Waals surface area (Å²) in [6.45, 7) is 2.21. The molecule has 0 amide bonds. The molecule has 0 bridgehead atoms. The molecule has 4 aromatic rings. The van der Waals surface area contributed by atoms with Crippen LogP contribution < -0.4 is 9.64 Å². The molecule has 160 valence electrons. The zero-order valence-corrected chi connectivity index (χ0v) is 18.7. The lowest BCUT2D eigenvalue weighted by atomic mass is 9.99. The maximum absolute atomic E-state index is 9.20. The fraction of sp³-hybridized carbons (Fsp3) is 0.192. The molecule has 0 aliphatic rings. The van der Waals surface area contributed by atoms with Crippen molar-refractivity contribution >= 4 is 5.69 Å². The van der Waals surface area contributed by atoms with Crippen LogP contribution in [-0.4, -0.2) is 36.0 Å². The van der Waals surface area contributed by atoms with Crippen molar-refractivity contribution in [3.05, 3.63) is 72.6 Å². The number of methoxy groups -OCH3 is 1. The average Bonchev–Trinajstić information content (AvgIpc) is 3.23. The summed E-state index contributed by atoms with van der Waals surface area (Å²) in [6.07, 6.45) is 3.73. The Morgan fingerprint density at radius 3 is 2.47 bits per heavy atom. The van der Waals surface area contributed by atoms with Crippen LogP contribution in [0.25, 0.3) is 33.6 Å². The number of aromatic nitrogens is 3. The van der Waals surface area contributed by atoms with Crippen LogP contribution >= 0.6 is 0 Å². The Bertz CT molecular complexity index is 1280. The molecule has 0 aliphatic heterocycles. The van der Waals surface area contributed by atoms with E-state index in [1.165, 1.54) is 0 Å². The van der Waals surface area contributed by atoms with Crippen molar-refractivity contribution in [1.82, 2.24) is 14.8 Å². The number of pyridine rings is 1. The second-order valence-electron chi connectivity index (χ2n) is 7.86. The highest BCUT2D eigenvalue weighted by Crippen LogP contribution is 2.35. The number of rotatable bonds is 6. The van der Waals surface area contributed by atoms with E-state index in [1.807, 2.05) is 51.6 Å². The summed E-state index contributed by atoms with van der Waals surface area (Å²) in [5.74, 6) is 0.775. The van der Waals surface area contributed by atoms with E-state index in [4.69, 9.17) is 9.84 Å². The molecule has 0 unspecified atom stereocenters. The maximum Gasteiger partial charge on any atom is 0.128 e. The van der Waals surface area contributed by atoms with Crippen molar-refractivity contribution in [1.29, 1.82) is 5.26 Å². The molecule has 4 rings (SSSR count). The summed E-state index contributed by atoms with van der Waals surface area (Å²) in [5.41, 5.74) is 7.83. The lowest BCUT2D eigenvalue weighted by molar-refractivity contribution is 0.414. The maximum atomic E-state index is 9.20. The number of hydrogen-bond acceptors (Lipinski definition) is 5. The van der Waals surface area contributed by atoms with Crippen LogP contribution in [-0.2, 0) is 6.54 Å². The molecule has 0 aliphatic carbocycles. The van der Waals surface area contributed by atoms with E-state index in [9.17, 15) is 5.26 Å². The van der Waals surface area contributed by atoms with Crippen molar-refractivity contribution < 1.29 is 4.74 Å². The minimum atomic E-state index is 0.180. The van der Waals surface area contributed by atoms with Crippen LogP contribution in [0, 0.1) is 18.3 Å². The normalized spacial score (nSPS) is 10.6. The first-order valence-electron chi connectivity index (χ1n) is 10.3. The molecule has 6 nitrogen and oxygen atoms in total. The standard InChI is InChI=1S/C26H25N5O/c1-18-13-21(15-23(14-18)32-4)26-24(17-31(29-26)12-10-27)20-9-11-28-25(16-20)19-5-7-22(8-6-19)30(2)3/h5-9,11,13-17H,12H2,1-4H3. The molecular weight excluding hydrogens is 398 g/mol. The van der Waals surface area contributed by atoms with Crippen LogP contribution in [0.1, 0.15) is 5.56 Å². The molecule has 0 spiro atoms. The molecular formula is C26H25N5O. The second-order valence-corrected chi connectivity index (χ2v) is 7.86. The topological polar surface area (TPSA) is 67.0 Å². The average molecular weight is 424 g/mol. The van der Waals surface area contributed by atoms with E-state index in [1.54, 1.807) is 11.8 Å². The predicted octanol–water partition coefficient (Wildman–Crippen LogP) is 5.19. The summed E-state index contributed by atoms with van der Waals surface area (Å²) >= 11 is 0. The Morgan fingerprint density at radius 2 is 1.78 bits per heavy atom. The van der Waals surface area contributed by atoms with E-state index in [2.05, 4.69) is 52.4 Å². The van der Waals surface area contributed by atoms with Crippen LogP contribution in [0.2, 0.25) is 0 Å². The lowest BCUT2D eigenvalue weighted by Crippen LogP contribution is -2.07. The Hall–Kier alpha value is -4.11. The number of aryl methyl sites for hydroxylation is 1. The number of anilines is 1. The van der Waals surface area contributed by atoms with E-state index in [-0.39, 0.29) is 6.54 Å². The Kier molecular flexibility index (Phi) is 5.91. The highest BCUT2D eigenvalue weighted by Gasteiger charge is 2.16. The quantitative estimate of drug-likeness (QED) is 0.427. The second kappa shape index (κ2) is 8.94. The third-order valence-electron chi connectivity index (χ3n) is 5.30. The zero-order chi connectivity index (χ0) is 22.7. The van der Waals surface area contributed by atoms with Gasteiger partial charge in [-0.3, -0.25) is 9.67 Å². The van der Waals surface area contributed by atoms with Gasteiger partial charge in [-0.25, -0.2) is 0 Å². The highest BCUT2D eigenvalue weighted by molar-refractivity contribution is 5.83. The van der Waals surface area contributed by atoms with Crippen LogP contribution in [0.15, 0.2) is 67.0 Å². The highest BCUT2D eigenvalue weighted by atomic mass is 16.5. The van der Waals surface area contributed by atoms with Crippen LogP contribution in [0.4, 0.5) is 5.69 Å². The van der Waals surface area contributed by atoms with Crippen molar-refractivity contribution in [3.63, 3.8) is 0 Å². The van der Waals surface area contributed by atoms with Gasteiger partial charge >= 0.3 is 0 Å². The van der Waals surface area contributed by atoms with E-state index < -0.39 is 0 Å². The Labute approximate surface area is 188 Å². The molecule has 0 N–H and O–H groups in total. The molecule has 32 heavy (non-hydrogen) atoms. The van der Waals surface area contributed by atoms with Crippen molar-refractivity contribution in [2.45, 2.75) is 13.5 Å². The van der Waals surface area contributed by atoms with Gasteiger partial charge in [0.1, 0.15) is 18.0 Å². The van der Waals surface area contributed by atoms with Gasteiger partial charge in [0.05, 0.1) is 18.9 Å². The van der Waals surface area contributed by atoms with Crippen molar-refractivity contribution in [2.24, 2.45) is 0 Å². The summed E-state index contributed by atoms with van der Waals surface area (Å²) in [7, 11) is 5.70. The first-order chi connectivity index (χ1) is 15.5. The van der Waals surface area contributed by atoms with Gasteiger partial charge < -0.3 is 9.64 Å². The largest absolute Gasteiger partial charge is 0.497 e. The zero-order valence-electron chi connectivity index (χ0n) is 18.7. The van der Waals surface area contributed by atoms with E-state index >= 15 is 0 Å². The fourth-order valence-corrected chi connectivity index (χ4v) is 3.69. The summed E-state index contributed by atoms with van der Waals surface area (Å²) in [5, 5.41) is 13.9. The summed E-state index contributed by atoms with van der Waals surface area (Å²) in [6, 6.07) is 20.6. The molecule has 2 aromatic heterocycles. The smallest absolute Gasteiger partial charge is 0.128 e. The molecule has 0 fully saturated rings. The van der Waals surface area contributed by atoms with Gasteiger partial charge in [-0.05, 0) is 60.5 Å². The van der Waals surface area contributed by atoms with Gasteiger partial charge in [0.25, 0.3) is 0 Å². The predicted molar refractivity (Wildman–Crippen MR) is 128 cm³/mol. The molecule has 6 heteroatoms. The van der Waals surface area contributed by atoms with Crippen LogP contribution in [0.5, 0.6) is 5.75 Å². The monoisotopic (exact) mass is 423 g/mol. The Balaban J connectivity index is 1.81. The third-order valence-corrected chi connectivity index (χ3v) is 5.30. The van der Waals surface area contributed by atoms with Gasteiger partial charge in [0.15, 0.2) is 0 Å². The molecule has 0 saturated heterocycles. The molecule has 0 radical (unpaired) electrons. The number of nitrogens with zero attached hydrogens (tertiary/aromatic N) is 5. The molecule has 2 aromatic carbocycles. The first kappa shape index (κ1) is 21.1.